The van der Waals surface area contributed by atoms with Gasteiger partial charge in [0.05, 0.1) is 17.5 Å². The maximum Gasteiger partial charge on any atom is 0.240 e. The van der Waals surface area contributed by atoms with Gasteiger partial charge in [0.1, 0.15) is 17.9 Å². The summed E-state index contributed by atoms with van der Waals surface area (Å²) < 4.78 is 12.0. The van der Waals surface area contributed by atoms with E-state index in [-0.39, 0.29) is 23.0 Å². The molecule has 1 aliphatic heterocycles. The molecule has 1 saturated heterocycles. The van der Waals surface area contributed by atoms with E-state index in [1.165, 1.54) is 0 Å². The Morgan fingerprint density at radius 1 is 1.37 bits per heavy atom. The highest BCUT2D eigenvalue weighted by Crippen LogP contribution is 2.28. The quantitative estimate of drug-likeness (QED) is 0.777. The van der Waals surface area contributed by atoms with Gasteiger partial charge in [0, 0.05) is 31.4 Å². The first kappa shape index (κ1) is 22.3. The number of ether oxygens (including phenoxy) is 2. The molecule has 7 nitrogen and oxygen atoms in total. The molecule has 2 N–H and O–H groups in total. The van der Waals surface area contributed by atoms with E-state index < -0.39 is 11.9 Å². The number of likely N-dealkylation sites (tertiary alicyclic amines) is 1. The molecule has 2 aliphatic rings. The number of aromatic nitrogens is 1. The molecule has 0 radical (unpaired) electrons. The van der Waals surface area contributed by atoms with E-state index in [1.807, 2.05) is 40.7 Å². The number of carbonyl (C=O) groups is 2. The first-order valence-corrected chi connectivity index (χ1v) is 10.4. The Bertz CT molecular complexity index is 966. The topological polar surface area (TPSA) is 94.8 Å². The summed E-state index contributed by atoms with van der Waals surface area (Å²) in [6, 6.07) is 1.19. The number of amides is 2. The summed E-state index contributed by atoms with van der Waals surface area (Å²) >= 11 is 0. The lowest BCUT2D eigenvalue weighted by molar-refractivity contribution is -0.138. The van der Waals surface area contributed by atoms with Crippen LogP contribution in [-0.2, 0) is 14.3 Å². The molecule has 2 heterocycles. The number of hydrogen-bond donors (Lipinski definition) is 1. The number of fused-ring (bicyclic) bond motifs is 1. The summed E-state index contributed by atoms with van der Waals surface area (Å²) in [5.41, 5.74) is 6.09. The van der Waals surface area contributed by atoms with Crippen LogP contribution in [0.3, 0.4) is 0 Å². The first-order chi connectivity index (χ1) is 13.9. The predicted octanol–water partition coefficient (Wildman–Crippen LogP) is 1.11. The van der Waals surface area contributed by atoms with Crippen LogP contribution in [0.4, 0.5) is 0 Å². The molecule has 1 unspecified atom stereocenters. The third-order valence-electron chi connectivity index (χ3n) is 6.13. The number of pyridine rings is 1. The van der Waals surface area contributed by atoms with Crippen LogP contribution in [0.2, 0.25) is 0 Å². The zero-order valence-electron chi connectivity index (χ0n) is 18.8. The van der Waals surface area contributed by atoms with Crippen LogP contribution >= 0.6 is 0 Å². The molecule has 1 fully saturated rings. The Balaban J connectivity index is 1.87. The highest BCUT2D eigenvalue weighted by atomic mass is 16.5. The normalized spacial score (nSPS) is 26.2. The Morgan fingerprint density at radius 2 is 2.07 bits per heavy atom. The number of methoxy groups -OCH3 is 1. The van der Waals surface area contributed by atoms with E-state index in [1.54, 1.807) is 18.2 Å². The standard InChI is InChI=1S/C23H33N3O4/c1-14-20-16(7-9-23(14,5)29-6)18(8-10-25-20)30-15-11-17(21(24)28)26(13-15)19(27)12-22(2,3)4/h7-8,10,15,17H,9,11-13H2,1-6H3,(H2,24,28)/t15-,17+,23?/m1/s1. The van der Waals surface area contributed by atoms with Crippen LogP contribution in [-0.4, -0.2) is 53.1 Å². The lowest BCUT2D eigenvalue weighted by atomic mass is 9.88. The minimum absolute atomic E-state index is 0.0687. The van der Waals surface area contributed by atoms with Gasteiger partial charge in [-0.2, -0.15) is 0 Å². The minimum atomic E-state index is -0.642. The Kier molecular flexibility index (Phi) is 5.96. The molecular weight excluding hydrogens is 382 g/mol. The number of nitrogens with two attached hydrogens (primary N) is 1. The fraction of sp³-hybridized carbons (Fsp3) is 0.609. The van der Waals surface area contributed by atoms with Crippen LogP contribution in [0.5, 0.6) is 5.75 Å². The fourth-order valence-corrected chi connectivity index (χ4v) is 4.15. The molecule has 2 amide bonds. The third-order valence-corrected chi connectivity index (χ3v) is 6.13. The first-order valence-electron chi connectivity index (χ1n) is 10.4. The molecule has 7 heteroatoms. The molecule has 164 valence electrons. The van der Waals surface area contributed by atoms with E-state index >= 15 is 0 Å². The summed E-state index contributed by atoms with van der Waals surface area (Å²) in [6.07, 6.45) is 4.96. The summed E-state index contributed by atoms with van der Waals surface area (Å²) in [5.74, 6) is 0.142. The molecule has 1 aliphatic carbocycles. The maximum absolute atomic E-state index is 12.8. The van der Waals surface area contributed by atoms with E-state index in [0.29, 0.717) is 25.1 Å². The highest BCUT2D eigenvalue weighted by molar-refractivity contribution is 5.87. The predicted molar refractivity (Wildman–Crippen MR) is 115 cm³/mol. The Hall–Kier alpha value is -2.41. The molecular formula is C23H33N3O4. The van der Waals surface area contributed by atoms with Crippen molar-refractivity contribution in [1.29, 1.82) is 0 Å². The average molecular weight is 416 g/mol. The van der Waals surface area contributed by atoms with Crippen molar-refractivity contribution in [1.82, 2.24) is 9.88 Å². The van der Waals surface area contributed by atoms with E-state index in [0.717, 1.165) is 22.6 Å². The van der Waals surface area contributed by atoms with Crippen molar-refractivity contribution in [3.8, 4) is 5.75 Å². The number of nitrogens with zero attached hydrogens (tertiary/aromatic N) is 2. The van der Waals surface area contributed by atoms with Gasteiger partial charge in [-0.05, 0) is 37.3 Å². The van der Waals surface area contributed by atoms with E-state index in [9.17, 15) is 9.59 Å². The molecule has 0 spiro atoms. The average Bonchev–Trinajstić information content (AvgIpc) is 3.08. The van der Waals surface area contributed by atoms with E-state index in [2.05, 4.69) is 11.1 Å². The van der Waals surface area contributed by atoms with Gasteiger partial charge < -0.3 is 20.1 Å². The van der Waals surface area contributed by atoms with Gasteiger partial charge in [0.15, 0.2) is 0 Å². The van der Waals surface area contributed by atoms with Gasteiger partial charge in [0.25, 0.3) is 0 Å². The van der Waals surface area contributed by atoms with Crippen LogP contribution in [0.25, 0.3) is 11.6 Å². The van der Waals surface area contributed by atoms with Gasteiger partial charge in [-0.25, -0.2) is 0 Å². The summed E-state index contributed by atoms with van der Waals surface area (Å²) in [7, 11) is 1.70. The van der Waals surface area contributed by atoms with Crippen LogP contribution in [0.1, 0.15) is 53.9 Å². The van der Waals surface area contributed by atoms with Gasteiger partial charge in [-0.15, -0.1) is 0 Å². The second-order valence-electron chi connectivity index (χ2n) is 9.72. The summed E-state index contributed by atoms with van der Waals surface area (Å²) in [5, 5.41) is 1.79. The molecule has 0 saturated carbocycles. The molecule has 0 aromatic carbocycles. The SMILES string of the molecule is COC1(C)CC=c2c(O[C@@H]3C[C@@H](C(N)=O)N(C(=O)CC(C)(C)C)C3)ccnc2=C1C. The van der Waals surface area contributed by atoms with E-state index in [4.69, 9.17) is 15.2 Å². The zero-order valence-corrected chi connectivity index (χ0v) is 18.8. The summed E-state index contributed by atoms with van der Waals surface area (Å²) in [4.78, 5) is 30.9. The molecule has 1 aromatic heterocycles. The zero-order chi connectivity index (χ0) is 22.3. The van der Waals surface area contributed by atoms with Crippen molar-refractivity contribution in [3.63, 3.8) is 0 Å². The van der Waals surface area contributed by atoms with Crippen molar-refractivity contribution < 1.29 is 19.1 Å². The van der Waals surface area contributed by atoms with Crippen LogP contribution in [0.15, 0.2) is 12.3 Å². The lowest BCUT2D eigenvalue weighted by Crippen LogP contribution is -2.45. The monoisotopic (exact) mass is 415 g/mol. The molecule has 30 heavy (non-hydrogen) atoms. The number of primary amides is 1. The molecule has 3 atom stereocenters. The van der Waals surface area contributed by atoms with Crippen molar-refractivity contribution in [2.24, 2.45) is 11.1 Å². The number of carbonyl (C=O) groups excluding carboxylic acids is 2. The third kappa shape index (κ3) is 4.36. The Labute approximate surface area is 177 Å². The number of rotatable bonds is 5. The fourth-order valence-electron chi connectivity index (χ4n) is 4.15. The van der Waals surface area contributed by atoms with Crippen molar-refractivity contribution in [2.45, 2.75) is 71.6 Å². The van der Waals surface area contributed by atoms with Crippen LogP contribution in [0, 0.1) is 5.41 Å². The largest absolute Gasteiger partial charge is 0.488 e. The van der Waals surface area contributed by atoms with Crippen molar-refractivity contribution in [3.05, 3.63) is 22.8 Å². The molecule has 3 rings (SSSR count). The van der Waals surface area contributed by atoms with Gasteiger partial charge in [-0.3, -0.25) is 14.6 Å². The second-order valence-corrected chi connectivity index (χ2v) is 9.72. The van der Waals surface area contributed by atoms with Crippen LogP contribution < -0.4 is 21.0 Å². The summed E-state index contributed by atoms with van der Waals surface area (Å²) in [6.45, 7) is 10.4. The highest BCUT2D eigenvalue weighted by Gasteiger charge is 2.40. The number of hydrogen-bond acceptors (Lipinski definition) is 5. The van der Waals surface area contributed by atoms with Gasteiger partial charge in [-0.1, -0.05) is 26.8 Å². The minimum Gasteiger partial charge on any atom is -0.488 e. The maximum atomic E-state index is 12.8. The lowest BCUT2D eigenvalue weighted by Gasteiger charge is -2.30. The van der Waals surface area contributed by atoms with Gasteiger partial charge in [0.2, 0.25) is 11.8 Å². The Morgan fingerprint density at radius 3 is 2.67 bits per heavy atom. The second kappa shape index (κ2) is 8.02. The van der Waals surface area contributed by atoms with Gasteiger partial charge >= 0.3 is 0 Å². The smallest absolute Gasteiger partial charge is 0.240 e. The molecule has 0 bridgehead atoms. The van der Waals surface area contributed by atoms with Crippen molar-refractivity contribution in [2.75, 3.05) is 13.7 Å². The van der Waals surface area contributed by atoms with Crippen molar-refractivity contribution >= 4 is 23.5 Å². The molecule has 1 aromatic rings.